The third-order valence-electron chi connectivity index (χ3n) is 7.22. The van der Waals surface area contributed by atoms with E-state index in [9.17, 15) is 18.0 Å². The number of fused-ring (bicyclic) bond motifs is 2. The first-order valence-corrected chi connectivity index (χ1v) is 14.6. The lowest BCUT2D eigenvalue weighted by Crippen LogP contribution is -2.36. The molecular weight excluding hydrogens is 530 g/mol. The van der Waals surface area contributed by atoms with Crippen molar-refractivity contribution >= 4 is 37.8 Å². The smallest absolute Gasteiger partial charge is 0.269 e. The number of carbonyl (C=O) groups is 2. The van der Waals surface area contributed by atoms with Crippen LogP contribution in [-0.2, 0) is 27.8 Å². The van der Waals surface area contributed by atoms with Crippen LogP contribution in [0.2, 0.25) is 0 Å². The lowest BCUT2D eigenvalue weighted by Gasteiger charge is -2.29. The highest BCUT2D eigenvalue weighted by atomic mass is 79.9. The second kappa shape index (κ2) is 10.0. The number of halogens is 1. The average Bonchev–Trinajstić information content (AvgIpc) is 3.02. The average molecular weight is 561 g/mol. The first kappa shape index (κ1) is 24.5. The third kappa shape index (κ3) is 5.04. The van der Waals surface area contributed by atoms with Crippen LogP contribution in [-0.4, -0.2) is 49.1 Å². The molecule has 1 fully saturated rings. The van der Waals surface area contributed by atoms with Crippen LogP contribution in [0.1, 0.15) is 71.6 Å². The van der Waals surface area contributed by atoms with Gasteiger partial charge in [-0.2, -0.15) is 0 Å². The van der Waals surface area contributed by atoms with E-state index in [4.69, 9.17) is 0 Å². The fourth-order valence-electron chi connectivity index (χ4n) is 5.43. The summed E-state index contributed by atoms with van der Waals surface area (Å²) in [5.41, 5.74) is 3.90. The first-order chi connectivity index (χ1) is 16.8. The van der Waals surface area contributed by atoms with Gasteiger partial charge in [0.15, 0.2) is 0 Å². The summed E-state index contributed by atoms with van der Waals surface area (Å²) in [6, 6.07) is 11.1. The molecule has 2 amide bonds. The van der Waals surface area contributed by atoms with Crippen molar-refractivity contribution in [3.63, 3.8) is 0 Å². The predicted molar refractivity (Wildman–Crippen MR) is 136 cm³/mol. The van der Waals surface area contributed by atoms with Gasteiger partial charge in [0.1, 0.15) is 4.90 Å². The second-order valence-electron chi connectivity index (χ2n) is 9.66. The van der Waals surface area contributed by atoms with Crippen LogP contribution in [0.15, 0.2) is 45.8 Å². The van der Waals surface area contributed by atoms with E-state index >= 15 is 0 Å². The largest absolute Gasteiger partial charge is 0.349 e. The maximum Gasteiger partial charge on any atom is 0.269 e. The highest BCUT2D eigenvalue weighted by Crippen LogP contribution is 2.33. The standard InChI is InChI=1S/C26H30BrN3O4S/c27-20-8-10-22-24(16-20)35(33,34)30(26(22)32)14-11-25(31)28-23-6-4-5-19-15-18(7-9-21(19)23)17-29-12-2-1-3-13-29/h7-10,15-16,23H,1-6,11-14,17H2,(H,28,31)/t23-/m1/s1. The number of aryl methyl sites for hydroxylation is 1. The number of piperidine rings is 1. The van der Waals surface area contributed by atoms with Crippen LogP contribution in [0, 0.1) is 0 Å². The number of benzene rings is 2. The molecule has 2 aromatic rings. The minimum absolute atomic E-state index is 0.0150. The topological polar surface area (TPSA) is 86.8 Å². The summed E-state index contributed by atoms with van der Waals surface area (Å²) in [6.07, 6.45) is 6.65. The molecule has 0 unspecified atom stereocenters. The summed E-state index contributed by atoms with van der Waals surface area (Å²) in [5.74, 6) is -0.829. The molecule has 1 N–H and O–H groups in total. The van der Waals surface area contributed by atoms with Gasteiger partial charge < -0.3 is 5.32 Å². The zero-order valence-corrected chi connectivity index (χ0v) is 22.0. The molecule has 1 atom stereocenters. The Morgan fingerprint density at radius 2 is 1.86 bits per heavy atom. The van der Waals surface area contributed by atoms with Gasteiger partial charge in [-0.3, -0.25) is 14.5 Å². The van der Waals surface area contributed by atoms with Gasteiger partial charge in [0.25, 0.3) is 15.9 Å². The van der Waals surface area contributed by atoms with Gasteiger partial charge in [0, 0.05) is 24.0 Å². The Hall–Kier alpha value is -2.23. The van der Waals surface area contributed by atoms with Gasteiger partial charge in [-0.15, -0.1) is 0 Å². The fourth-order valence-corrected chi connectivity index (χ4v) is 7.54. The molecule has 7 nitrogen and oxygen atoms in total. The summed E-state index contributed by atoms with van der Waals surface area (Å²) in [6.45, 7) is 3.12. The maximum atomic E-state index is 12.8. The van der Waals surface area contributed by atoms with Gasteiger partial charge in [-0.1, -0.05) is 40.5 Å². The van der Waals surface area contributed by atoms with Crippen LogP contribution in [0.3, 0.4) is 0 Å². The molecule has 5 rings (SSSR count). The Kier molecular flexibility index (Phi) is 7.01. The van der Waals surface area contributed by atoms with Crippen molar-refractivity contribution in [2.45, 2.75) is 62.4 Å². The molecule has 3 aliphatic rings. The summed E-state index contributed by atoms with van der Waals surface area (Å²) in [5, 5.41) is 3.08. The molecule has 9 heteroatoms. The second-order valence-corrected chi connectivity index (χ2v) is 12.4. The lowest BCUT2D eigenvalue weighted by atomic mass is 9.86. The summed E-state index contributed by atoms with van der Waals surface area (Å²) < 4.78 is 27.1. The lowest BCUT2D eigenvalue weighted by molar-refractivity contribution is -0.122. The van der Waals surface area contributed by atoms with Crippen LogP contribution in [0.4, 0.5) is 0 Å². The molecule has 186 valence electrons. The quantitative estimate of drug-likeness (QED) is 0.574. The summed E-state index contributed by atoms with van der Waals surface area (Å²) in [4.78, 5) is 28.0. The van der Waals surface area contributed by atoms with Crippen molar-refractivity contribution in [3.8, 4) is 0 Å². The number of hydrogen-bond acceptors (Lipinski definition) is 5. The van der Waals surface area contributed by atoms with Crippen LogP contribution in [0.5, 0.6) is 0 Å². The molecule has 0 aromatic heterocycles. The van der Waals surface area contributed by atoms with Crippen molar-refractivity contribution < 1.29 is 18.0 Å². The van der Waals surface area contributed by atoms with E-state index in [0.717, 1.165) is 48.8 Å². The number of likely N-dealkylation sites (tertiary alicyclic amines) is 1. The monoisotopic (exact) mass is 559 g/mol. The summed E-state index contributed by atoms with van der Waals surface area (Å²) in [7, 11) is -3.94. The highest BCUT2D eigenvalue weighted by molar-refractivity contribution is 9.10. The molecule has 2 heterocycles. The number of hydrogen-bond donors (Lipinski definition) is 1. The van der Waals surface area contributed by atoms with Crippen molar-refractivity contribution in [2.75, 3.05) is 19.6 Å². The van der Waals surface area contributed by atoms with E-state index in [-0.39, 0.29) is 35.4 Å². The molecule has 2 aromatic carbocycles. The van der Waals surface area contributed by atoms with Crippen LogP contribution in [0.25, 0.3) is 0 Å². The van der Waals surface area contributed by atoms with Crippen molar-refractivity contribution in [3.05, 3.63) is 63.1 Å². The molecule has 0 radical (unpaired) electrons. The third-order valence-corrected chi connectivity index (χ3v) is 9.54. The number of carbonyl (C=O) groups excluding carboxylic acids is 2. The van der Waals surface area contributed by atoms with Gasteiger partial charge in [-0.05, 0) is 80.1 Å². The molecule has 1 saturated heterocycles. The molecule has 2 aliphatic heterocycles. The molecule has 0 spiro atoms. The van der Waals surface area contributed by atoms with E-state index < -0.39 is 15.9 Å². The predicted octanol–water partition coefficient (Wildman–Crippen LogP) is 4.16. The fraction of sp³-hybridized carbons (Fsp3) is 0.462. The van der Waals surface area contributed by atoms with E-state index in [0.29, 0.717) is 4.47 Å². The Balaban J connectivity index is 1.21. The van der Waals surface area contributed by atoms with E-state index in [1.54, 1.807) is 6.07 Å². The number of nitrogens with zero attached hydrogens (tertiary/aromatic N) is 2. The zero-order chi connectivity index (χ0) is 24.6. The minimum atomic E-state index is -3.94. The SMILES string of the molecule is O=C(CCN1C(=O)c2ccc(Br)cc2S1(=O)=O)N[C@@H]1CCCc2cc(CN3CCCCC3)ccc21. The number of rotatable bonds is 6. The van der Waals surface area contributed by atoms with Gasteiger partial charge in [0.2, 0.25) is 5.91 Å². The molecule has 0 saturated carbocycles. The van der Waals surface area contributed by atoms with E-state index in [2.05, 4.69) is 44.3 Å². The van der Waals surface area contributed by atoms with E-state index in [1.807, 2.05) is 0 Å². The van der Waals surface area contributed by atoms with Gasteiger partial charge in [0.05, 0.1) is 11.6 Å². The Morgan fingerprint density at radius 3 is 2.66 bits per heavy atom. The number of sulfonamides is 1. The van der Waals surface area contributed by atoms with Crippen LogP contribution < -0.4 is 5.32 Å². The molecule has 1 aliphatic carbocycles. The van der Waals surface area contributed by atoms with Crippen LogP contribution >= 0.6 is 15.9 Å². The normalized spacial score (nSPS) is 21.5. The van der Waals surface area contributed by atoms with Gasteiger partial charge in [-0.25, -0.2) is 12.7 Å². The van der Waals surface area contributed by atoms with Crippen molar-refractivity contribution in [2.24, 2.45) is 0 Å². The summed E-state index contributed by atoms with van der Waals surface area (Å²) >= 11 is 3.26. The first-order valence-electron chi connectivity index (χ1n) is 12.3. The van der Waals surface area contributed by atoms with E-state index in [1.165, 1.54) is 42.5 Å². The van der Waals surface area contributed by atoms with Crippen molar-refractivity contribution in [1.82, 2.24) is 14.5 Å². The Labute approximate surface area is 215 Å². The van der Waals surface area contributed by atoms with Crippen molar-refractivity contribution in [1.29, 1.82) is 0 Å². The molecule has 0 bridgehead atoms. The molecule has 35 heavy (non-hydrogen) atoms. The maximum absolute atomic E-state index is 12.8. The highest BCUT2D eigenvalue weighted by Gasteiger charge is 2.41. The minimum Gasteiger partial charge on any atom is -0.349 e. The number of nitrogens with one attached hydrogen (secondary N) is 1. The number of amides is 2. The Morgan fingerprint density at radius 1 is 1.06 bits per heavy atom. The zero-order valence-electron chi connectivity index (χ0n) is 19.6. The molecular formula is C26H30BrN3O4S. The Bertz CT molecular complexity index is 1260. The van der Waals surface area contributed by atoms with Gasteiger partial charge >= 0.3 is 0 Å².